The van der Waals surface area contributed by atoms with E-state index in [4.69, 9.17) is 0 Å². The van der Waals surface area contributed by atoms with Crippen molar-refractivity contribution in [1.82, 2.24) is 10.2 Å². The molecule has 0 saturated carbocycles. The molecule has 3 nitrogen and oxygen atoms in total. The summed E-state index contributed by atoms with van der Waals surface area (Å²) in [7, 11) is 0. The van der Waals surface area contributed by atoms with Crippen LogP contribution in [0, 0.1) is 0 Å². The van der Waals surface area contributed by atoms with Crippen molar-refractivity contribution in [2.45, 2.75) is 42.4 Å². The molecule has 1 atom stereocenters. The molecule has 0 bridgehead atoms. The van der Waals surface area contributed by atoms with Crippen molar-refractivity contribution in [3.05, 3.63) is 28.7 Å². The molecule has 1 aliphatic heterocycles. The molecule has 1 saturated heterocycles. The highest BCUT2D eigenvalue weighted by molar-refractivity contribution is 9.10. The van der Waals surface area contributed by atoms with E-state index >= 15 is 0 Å². The highest BCUT2D eigenvalue weighted by atomic mass is 79.9. The molecule has 1 N–H and O–H groups in total. The third kappa shape index (κ3) is 6.39. The summed E-state index contributed by atoms with van der Waals surface area (Å²) in [5.74, 6) is 0.00484. The molecule has 7 heteroatoms. The lowest BCUT2D eigenvalue weighted by molar-refractivity contribution is -0.121. The monoisotopic (exact) mass is 406 g/mol. The molecule has 0 aromatic heterocycles. The zero-order valence-corrected chi connectivity index (χ0v) is 15.4. The summed E-state index contributed by atoms with van der Waals surface area (Å²) in [4.78, 5) is 15.1. The molecule has 0 radical (unpaired) electrons. The first kappa shape index (κ1) is 18.7. The van der Waals surface area contributed by atoms with Crippen LogP contribution >= 0.6 is 27.7 Å². The quantitative estimate of drug-likeness (QED) is 0.729. The molecule has 1 heterocycles. The van der Waals surface area contributed by atoms with Crippen LogP contribution in [0.3, 0.4) is 0 Å². The van der Waals surface area contributed by atoms with Gasteiger partial charge in [0.05, 0.1) is 11.8 Å². The van der Waals surface area contributed by atoms with E-state index in [-0.39, 0.29) is 23.7 Å². The number of amides is 1. The van der Waals surface area contributed by atoms with Gasteiger partial charge in [0.2, 0.25) is 5.91 Å². The summed E-state index contributed by atoms with van der Waals surface area (Å²) in [6.07, 6.45) is -0.828. The van der Waals surface area contributed by atoms with Gasteiger partial charge < -0.3 is 5.32 Å². The maximum Gasteiger partial charge on any atom is 0.251 e. The Bertz CT molecular complexity index is 507. The number of nitrogens with zero attached hydrogens (tertiary/aromatic N) is 1. The SMILES string of the molecule is C[C@H](Sc1ccc(Br)cc1)C(=O)NC1CCN(CC(F)F)CC1. The number of thioether (sulfide) groups is 1. The van der Waals surface area contributed by atoms with Crippen LogP contribution in [0.5, 0.6) is 0 Å². The van der Waals surface area contributed by atoms with E-state index < -0.39 is 6.43 Å². The van der Waals surface area contributed by atoms with Crippen molar-refractivity contribution in [3.63, 3.8) is 0 Å². The summed E-state index contributed by atoms with van der Waals surface area (Å²) < 4.78 is 25.7. The van der Waals surface area contributed by atoms with Gasteiger partial charge in [-0.15, -0.1) is 11.8 Å². The number of rotatable bonds is 6. The van der Waals surface area contributed by atoms with Gasteiger partial charge in [-0.1, -0.05) is 15.9 Å². The number of hydrogen-bond donors (Lipinski definition) is 1. The number of hydrogen-bond acceptors (Lipinski definition) is 3. The molecule has 1 aromatic rings. The fraction of sp³-hybridized carbons (Fsp3) is 0.562. The van der Waals surface area contributed by atoms with Crippen molar-refractivity contribution in [2.75, 3.05) is 19.6 Å². The smallest absolute Gasteiger partial charge is 0.251 e. The first-order valence-electron chi connectivity index (χ1n) is 7.67. The van der Waals surface area contributed by atoms with E-state index in [2.05, 4.69) is 21.2 Å². The minimum atomic E-state index is -2.29. The third-order valence-corrected chi connectivity index (χ3v) is 5.47. The number of halogens is 3. The Morgan fingerprint density at radius 3 is 2.52 bits per heavy atom. The topological polar surface area (TPSA) is 32.3 Å². The number of carbonyl (C=O) groups is 1. The van der Waals surface area contributed by atoms with Crippen LogP contribution in [0.25, 0.3) is 0 Å². The Morgan fingerprint density at radius 2 is 1.96 bits per heavy atom. The number of nitrogens with one attached hydrogen (secondary N) is 1. The number of likely N-dealkylation sites (tertiary alicyclic amines) is 1. The van der Waals surface area contributed by atoms with Crippen LogP contribution in [0.15, 0.2) is 33.6 Å². The van der Waals surface area contributed by atoms with Gasteiger partial charge in [-0.25, -0.2) is 8.78 Å². The van der Waals surface area contributed by atoms with Gasteiger partial charge in [-0.05, 0) is 44.0 Å². The third-order valence-electron chi connectivity index (χ3n) is 3.83. The summed E-state index contributed by atoms with van der Waals surface area (Å²) in [5.41, 5.74) is 0. The average Bonchev–Trinajstić information content (AvgIpc) is 2.51. The van der Waals surface area contributed by atoms with Crippen LogP contribution in [0.4, 0.5) is 8.78 Å². The zero-order chi connectivity index (χ0) is 16.8. The predicted octanol–water partition coefficient (Wildman–Crippen LogP) is 3.78. The van der Waals surface area contributed by atoms with E-state index in [1.807, 2.05) is 31.2 Å². The summed E-state index contributed by atoms with van der Waals surface area (Å²) in [6, 6.07) is 7.93. The van der Waals surface area contributed by atoms with Crippen LogP contribution in [-0.2, 0) is 4.79 Å². The maximum atomic E-state index is 12.3. The summed E-state index contributed by atoms with van der Waals surface area (Å²) in [6.45, 7) is 2.94. The van der Waals surface area contributed by atoms with Crippen LogP contribution in [0.1, 0.15) is 19.8 Å². The lowest BCUT2D eigenvalue weighted by atomic mass is 10.0. The Morgan fingerprint density at radius 1 is 1.35 bits per heavy atom. The predicted molar refractivity (Wildman–Crippen MR) is 93.1 cm³/mol. The van der Waals surface area contributed by atoms with Gasteiger partial charge in [0, 0.05) is 28.5 Å². The van der Waals surface area contributed by atoms with E-state index in [0.29, 0.717) is 13.1 Å². The largest absolute Gasteiger partial charge is 0.352 e. The Kier molecular flexibility index (Phi) is 7.30. The highest BCUT2D eigenvalue weighted by Gasteiger charge is 2.24. The van der Waals surface area contributed by atoms with Crippen LogP contribution in [-0.4, -0.2) is 48.2 Å². The summed E-state index contributed by atoms with van der Waals surface area (Å²) in [5, 5.41) is 2.86. The zero-order valence-electron chi connectivity index (χ0n) is 13.0. The molecular weight excluding hydrogens is 386 g/mol. The van der Waals surface area contributed by atoms with Gasteiger partial charge >= 0.3 is 0 Å². The normalized spacial score (nSPS) is 18.1. The molecule has 0 spiro atoms. The minimum absolute atomic E-state index is 0.00484. The van der Waals surface area contributed by atoms with E-state index in [0.717, 1.165) is 22.2 Å². The molecule has 128 valence electrons. The molecule has 2 rings (SSSR count). The molecule has 1 amide bonds. The van der Waals surface area contributed by atoms with Crippen molar-refractivity contribution < 1.29 is 13.6 Å². The van der Waals surface area contributed by atoms with Gasteiger partial charge in [-0.3, -0.25) is 9.69 Å². The first-order chi connectivity index (χ1) is 10.9. The van der Waals surface area contributed by atoms with E-state index in [1.54, 1.807) is 4.90 Å². The fourth-order valence-corrected chi connectivity index (χ4v) is 3.69. The van der Waals surface area contributed by atoms with E-state index in [9.17, 15) is 13.6 Å². The van der Waals surface area contributed by atoms with Crippen molar-refractivity contribution in [3.8, 4) is 0 Å². The molecule has 1 aromatic carbocycles. The fourth-order valence-electron chi connectivity index (χ4n) is 2.54. The lowest BCUT2D eigenvalue weighted by Crippen LogP contribution is -2.47. The molecule has 1 fully saturated rings. The molecule has 1 aliphatic rings. The van der Waals surface area contributed by atoms with Gasteiger partial charge in [0.25, 0.3) is 6.43 Å². The lowest BCUT2D eigenvalue weighted by Gasteiger charge is -2.32. The van der Waals surface area contributed by atoms with Gasteiger partial charge in [-0.2, -0.15) is 0 Å². The number of piperidine rings is 1. The average molecular weight is 407 g/mol. The number of benzene rings is 1. The number of carbonyl (C=O) groups excluding carboxylic acids is 1. The van der Waals surface area contributed by atoms with E-state index in [1.165, 1.54) is 11.8 Å². The summed E-state index contributed by atoms with van der Waals surface area (Å²) >= 11 is 4.90. The Hall–Kier alpha value is -0.660. The van der Waals surface area contributed by atoms with Crippen LogP contribution < -0.4 is 5.32 Å². The second-order valence-electron chi connectivity index (χ2n) is 5.69. The molecule has 23 heavy (non-hydrogen) atoms. The van der Waals surface area contributed by atoms with Crippen molar-refractivity contribution >= 4 is 33.6 Å². The first-order valence-corrected chi connectivity index (χ1v) is 9.34. The van der Waals surface area contributed by atoms with Crippen molar-refractivity contribution in [1.29, 1.82) is 0 Å². The van der Waals surface area contributed by atoms with Crippen molar-refractivity contribution in [2.24, 2.45) is 0 Å². The minimum Gasteiger partial charge on any atom is -0.352 e. The van der Waals surface area contributed by atoms with Crippen LogP contribution in [0.2, 0.25) is 0 Å². The van der Waals surface area contributed by atoms with Gasteiger partial charge in [0.1, 0.15) is 0 Å². The Labute approximate surface area is 148 Å². The standard InChI is InChI=1S/C16H21BrF2N2OS/c1-11(23-14-4-2-12(17)3-5-14)16(22)20-13-6-8-21(9-7-13)10-15(18)19/h2-5,11,13,15H,6-10H2,1H3,(H,20,22)/t11-/m0/s1. The molecule has 0 unspecified atom stereocenters. The van der Waals surface area contributed by atoms with Gasteiger partial charge in [0.15, 0.2) is 0 Å². The molecular formula is C16H21BrF2N2OS. The Balaban J connectivity index is 1.75. The second kappa shape index (κ2) is 8.99. The molecule has 0 aliphatic carbocycles. The number of alkyl halides is 2. The maximum absolute atomic E-state index is 12.3. The second-order valence-corrected chi connectivity index (χ2v) is 8.02. The highest BCUT2D eigenvalue weighted by Crippen LogP contribution is 2.25.